The molecule has 0 aliphatic heterocycles. The Labute approximate surface area is 106 Å². The van der Waals surface area contributed by atoms with Crippen LogP contribution in [0.1, 0.15) is 18.3 Å². The zero-order valence-corrected chi connectivity index (χ0v) is 11.3. The quantitative estimate of drug-likeness (QED) is 0.849. The van der Waals surface area contributed by atoms with Crippen molar-refractivity contribution in [3.63, 3.8) is 0 Å². The van der Waals surface area contributed by atoms with Gasteiger partial charge in [-0.05, 0) is 31.0 Å². The van der Waals surface area contributed by atoms with E-state index in [0.29, 0.717) is 28.6 Å². The predicted octanol–water partition coefficient (Wildman–Crippen LogP) is 2.01. The van der Waals surface area contributed by atoms with Crippen LogP contribution in [0.15, 0.2) is 27.6 Å². The highest BCUT2D eigenvalue weighted by Crippen LogP contribution is 2.24. The molecule has 0 fully saturated rings. The Hall–Kier alpha value is -1.69. The van der Waals surface area contributed by atoms with Crippen LogP contribution in [0.5, 0.6) is 0 Å². The first kappa shape index (κ1) is 12.8. The number of aromatic nitrogens is 2. The Bertz CT molecular complexity index is 674. The Balaban J connectivity index is 2.60. The van der Waals surface area contributed by atoms with Crippen molar-refractivity contribution in [1.29, 1.82) is 0 Å². The van der Waals surface area contributed by atoms with Crippen molar-refractivity contribution in [3.05, 3.63) is 29.6 Å². The van der Waals surface area contributed by atoms with E-state index in [1.807, 2.05) is 6.92 Å². The molecule has 6 heteroatoms. The topological polar surface area (TPSA) is 73.1 Å². The molecule has 0 N–H and O–H groups in total. The van der Waals surface area contributed by atoms with Gasteiger partial charge in [0, 0.05) is 11.8 Å². The normalized spacial score (nSPS) is 11.7. The summed E-state index contributed by atoms with van der Waals surface area (Å²) in [5, 5.41) is 3.69. The van der Waals surface area contributed by atoms with Crippen molar-refractivity contribution >= 4 is 9.84 Å². The molecule has 0 aliphatic carbocycles. The van der Waals surface area contributed by atoms with Gasteiger partial charge in [-0.1, -0.05) is 18.1 Å². The van der Waals surface area contributed by atoms with E-state index in [1.54, 1.807) is 25.1 Å². The maximum absolute atomic E-state index is 11.7. The average Bonchev–Trinajstić information content (AvgIpc) is 2.74. The summed E-state index contributed by atoms with van der Waals surface area (Å²) in [5.41, 5.74) is 1.41. The maximum Gasteiger partial charge on any atom is 0.257 e. The Morgan fingerprint density at radius 1 is 1.33 bits per heavy atom. The van der Waals surface area contributed by atoms with Crippen LogP contribution in [-0.4, -0.2) is 24.8 Å². The Morgan fingerprint density at radius 2 is 2.06 bits per heavy atom. The van der Waals surface area contributed by atoms with E-state index in [0.717, 1.165) is 5.56 Å². The van der Waals surface area contributed by atoms with Gasteiger partial charge < -0.3 is 4.52 Å². The lowest BCUT2D eigenvalue weighted by Crippen LogP contribution is -2.02. The van der Waals surface area contributed by atoms with Crippen LogP contribution < -0.4 is 0 Å². The van der Waals surface area contributed by atoms with Crippen LogP contribution in [0.4, 0.5) is 0 Å². The second kappa shape index (κ2) is 4.53. The lowest BCUT2D eigenvalue weighted by Gasteiger charge is -2.06. The number of aryl methyl sites for hydroxylation is 2. The van der Waals surface area contributed by atoms with Gasteiger partial charge in [0.2, 0.25) is 0 Å². The van der Waals surface area contributed by atoms with Crippen molar-refractivity contribution in [2.24, 2.45) is 0 Å². The van der Waals surface area contributed by atoms with E-state index in [9.17, 15) is 8.42 Å². The van der Waals surface area contributed by atoms with E-state index in [-0.39, 0.29) is 0 Å². The largest absolute Gasteiger partial charge is 0.334 e. The summed E-state index contributed by atoms with van der Waals surface area (Å²) in [6, 6.07) is 5.16. The smallest absolute Gasteiger partial charge is 0.257 e. The van der Waals surface area contributed by atoms with Crippen LogP contribution >= 0.6 is 0 Å². The van der Waals surface area contributed by atoms with Crippen LogP contribution in [0.25, 0.3) is 11.5 Å². The monoisotopic (exact) mass is 266 g/mol. The molecule has 0 amide bonds. The number of benzene rings is 1. The molecule has 1 heterocycles. The van der Waals surface area contributed by atoms with Gasteiger partial charge in [-0.2, -0.15) is 4.98 Å². The third kappa shape index (κ3) is 2.43. The summed E-state index contributed by atoms with van der Waals surface area (Å²) < 4.78 is 28.5. The van der Waals surface area contributed by atoms with Gasteiger partial charge in [-0.15, -0.1) is 0 Å². The number of sulfone groups is 1. The van der Waals surface area contributed by atoms with Crippen LogP contribution in [0.2, 0.25) is 0 Å². The van der Waals surface area contributed by atoms with Crippen molar-refractivity contribution in [2.75, 3.05) is 6.26 Å². The first-order valence-corrected chi connectivity index (χ1v) is 7.44. The van der Waals surface area contributed by atoms with Crippen molar-refractivity contribution in [3.8, 4) is 11.5 Å². The molecule has 0 unspecified atom stereocenters. The number of nitrogens with zero attached hydrogens (tertiary/aromatic N) is 2. The predicted molar refractivity (Wildman–Crippen MR) is 67.0 cm³/mol. The minimum atomic E-state index is -3.26. The summed E-state index contributed by atoms with van der Waals surface area (Å²) in [6.07, 6.45) is 1.86. The molecule has 0 spiro atoms. The van der Waals surface area contributed by atoms with E-state index in [4.69, 9.17) is 4.52 Å². The minimum Gasteiger partial charge on any atom is -0.334 e. The summed E-state index contributed by atoms with van der Waals surface area (Å²) in [5.74, 6) is 0.852. The average molecular weight is 266 g/mol. The molecule has 0 saturated heterocycles. The van der Waals surface area contributed by atoms with Gasteiger partial charge in [0.15, 0.2) is 15.7 Å². The second-order valence-electron chi connectivity index (χ2n) is 4.09. The molecule has 1 aromatic carbocycles. The van der Waals surface area contributed by atoms with Crippen LogP contribution in [0.3, 0.4) is 0 Å². The first-order chi connectivity index (χ1) is 8.41. The molecule has 18 heavy (non-hydrogen) atoms. The highest BCUT2D eigenvalue weighted by Gasteiger charge is 2.15. The van der Waals surface area contributed by atoms with Gasteiger partial charge in [-0.3, -0.25) is 0 Å². The minimum absolute atomic E-state index is 0.318. The van der Waals surface area contributed by atoms with Crippen molar-refractivity contribution in [1.82, 2.24) is 10.1 Å². The number of hydrogen-bond donors (Lipinski definition) is 0. The molecule has 2 rings (SSSR count). The van der Waals surface area contributed by atoms with Crippen LogP contribution in [0, 0.1) is 6.92 Å². The standard InChI is InChI=1S/C12H14N2O3S/c1-4-9-5-6-10(7-11(9)18(3,15)16)12-13-8(2)14-17-12/h5-7H,4H2,1-3H3. The van der Waals surface area contributed by atoms with E-state index < -0.39 is 9.84 Å². The van der Waals surface area contributed by atoms with Gasteiger partial charge >= 0.3 is 0 Å². The highest BCUT2D eigenvalue weighted by atomic mass is 32.2. The van der Waals surface area contributed by atoms with E-state index in [2.05, 4.69) is 10.1 Å². The zero-order chi connectivity index (χ0) is 13.3. The zero-order valence-electron chi connectivity index (χ0n) is 10.5. The van der Waals surface area contributed by atoms with Crippen LogP contribution in [-0.2, 0) is 16.3 Å². The lowest BCUT2D eigenvalue weighted by atomic mass is 10.1. The van der Waals surface area contributed by atoms with Crippen molar-refractivity contribution < 1.29 is 12.9 Å². The van der Waals surface area contributed by atoms with E-state index in [1.165, 1.54) is 6.26 Å². The molecule has 0 aliphatic rings. The third-order valence-electron chi connectivity index (χ3n) is 2.62. The Morgan fingerprint density at radius 3 is 2.56 bits per heavy atom. The third-order valence-corrected chi connectivity index (χ3v) is 3.80. The molecule has 5 nitrogen and oxygen atoms in total. The fourth-order valence-corrected chi connectivity index (χ4v) is 2.77. The maximum atomic E-state index is 11.7. The van der Waals surface area contributed by atoms with Gasteiger partial charge in [0.25, 0.3) is 5.89 Å². The molecule has 0 radical (unpaired) electrons. The number of hydrogen-bond acceptors (Lipinski definition) is 5. The van der Waals surface area contributed by atoms with Gasteiger partial charge in [-0.25, -0.2) is 8.42 Å². The molecule has 0 saturated carbocycles. The Kier molecular flexibility index (Phi) is 3.21. The summed E-state index contributed by atoms with van der Waals surface area (Å²) in [4.78, 5) is 4.40. The first-order valence-electron chi connectivity index (χ1n) is 5.55. The van der Waals surface area contributed by atoms with Crippen molar-refractivity contribution in [2.45, 2.75) is 25.2 Å². The molecular weight excluding hydrogens is 252 g/mol. The molecule has 0 atom stereocenters. The molecule has 1 aromatic heterocycles. The molecule has 2 aromatic rings. The highest BCUT2D eigenvalue weighted by molar-refractivity contribution is 7.90. The van der Waals surface area contributed by atoms with Gasteiger partial charge in [0.05, 0.1) is 4.90 Å². The van der Waals surface area contributed by atoms with Gasteiger partial charge in [0.1, 0.15) is 0 Å². The second-order valence-corrected chi connectivity index (χ2v) is 6.08. The summed E-state index contributed by atoms with van der Waals surface area (Å²) in [7, 11) is -3.26. The fraction of sp³-hybridized carbons (Fsp3) is 0.333. The SMILES string of the molecule is CCc1ccc(-c2nc(C)no2)cc1S(C)(=O)=O. The summed E-state index contributed by atoms with van der Waals surface area (Å²) in [6.45, 7) is 3.63. The lowest BCUT2D eigenvalue weighted by molar-refractivity contribution is 0.425. The number of rotatable bonds is 3. The summed E-state index contributed by atoms with van der Waals surface area (Å²) >= 11 is 0. The fourth-order valence-electron chi connectivity index (χ4n) is 1.74. The van der Waals surface area contributed by atoms with E-state index >= 15 is 0 Å². The molecule has 0 bridgehead atoms. The molecular formula is C12H14N2O3S. The molecule has 96 valence electrons.